The second-order valence-electron chi connectivity index (χ2n) is 13.0. The maximum Gasteiger partial charge on any atom is 0.322 e. The van der Waals surface area contributed by atoms with E-state index in [0.29, 0.717) is 18.7 Å². The van der Waals surface area contributed by atoms with Crippen LogP contribution in [0.2, 0.25) is 0 Å². The van der Waals surface area contributed by atoms with Crippen LogP contribution >= 0.6 is 7.94 Å². The first-order valence-electron chi connectivity index (χ1n) is 17.0. The zero-order chi connectivity index (χ0) is 34.0. The van der Waals surface area contributed by atoms with Crippen molar-refractivity contribution in [1.29, 1.82) is 0 Å². The lowest BCUT2D eigenvalue weighted by molar-refractivity contribution is -0.197. The van der Waals surface area contributed by atoms with E-state index in [-0.39, 0.29) is 12.1 Å². The van der Waals surface area contributed by atoms with Crippen molar-refractivity contribution in [2.24, 2.45) is 5.92 Å². The summed E-state index contributed by atoms with van der Waals surface area (Å²) in [7, 11) is -1.24. The number of hydrogen-bond donors (Lipinski definition) is 1. The van der Waals surface area contributed by atoms with Crippen LogP contribution in [-0.2, 0) is 32.2 Å². The van der Waals surface area contributed by atoms with Gasteiger partial charge >= 0.3 is 11.9 Å². The summed E-state index contributed by atoms with van der Waals surface area (Å²) in [6.07, 6.45) is 3.84. The largest absolute Gasteiger partial charge is 0.636 e. The van der Waals surface area contributed by atoms with E-state index in [0.717, 1.165) is 58.4 Å². The fourth-order valence-corrected chi connectivity index (χ4v) is 11.2. The highest BCUT2D eigenvalue weighted by Crippen LogP contribution is 2.66. The first kappa shape index (κ1) is 33.3. The number of methoxy groups -OCH3 is 2. The lowest BCUT2D eigenvalue weighted by atomic mass is 9.89. The molecule has 0 spiro atoms. The van der Waals surface area contributed by atoms with Gasteiger partial charge < -0.3 is 14.4 Å². The van der Waals surface area contributed by atoms with Crippen molar-refractivity contribution >= 4 is 41.4 Å². The van der Waals surface area contributed by atoms with Crippen LogP contribution in [0.3, 0.4) is 0 Å². The Morgan fingerprint density at radius 2 is 1.14 bits per heavy atom. The number of nitrogens with zero attached hydrogens (tertiary/aromatic N) is 2. The van der Waals surface area contributed by atoms with Crippen molar-refractivity contribution in [1.82, 2.24) is 14.4 Å². The summed E-state index contributed by atoms with van der Waals surface area (Å²) in [5, 5.41) is 7.99. The van der Waals surface area contributed by atoms with Gasteiger partial charge in [-0.1, -0.05) is 128 Å². The molecule has 7 rings (SSSR count). The molecule has 49 heavy (non-hydrogen) atoms. The van der Waals surface area contributed by atoms with E-state index in [1.54, 1.807) is 0 Å². The van der Waals surface area contributed by atoms with E-state index >= 15 is 4.89 Å². The molecule has 2 fully saturated rings. The van der Waals surface area contributed by atoms with Crippen LogP contribution in [-0.4, -0.2) is 47.6 Å². The van der Waals surface area contributed by atoms with Crippen molar-refractivity contribution in [3.05, 3.63) is 132 Å². The Bertz CT molecular complexity index is 1830. The van der Waals surface area contributed by atoms with E-state index in [1.807, 2.05) is 54.6 Å². The quantitative estimate of drug-likeness (QED) is 0.0966. The van der Waals surface area contributed by atoms with Gasteiger partial charge in [0.1, 0.15) is 0 Å². The van der Waals surface area contributed by atoms with Crippen LogP contribution in [0.1, 0.15) is 48.4 Å². The maximum absolute atomic E-state index is 16.5. The number of esters is 2. The van der Waals surface area contributed by atoms with Crippen molar-refractivity contribution in [2.75, 3.05) is 14.2 Å². The lowest BCUT2D eigenvalue weighted by Crippen LogP contribution is -2.48. The molecule has 1 saturated carbocycles. The van der Waals surface area contributed by atoms with Crippen molar-refractivity contribution in [2.45, 2.75) is 56.9 Å². The Morgan fingerprint density at radius 1 is 0.694 bits per heavy atom. The van der Waals surface area contributed by atoms with E-state index in [4.69, 9.17) is 9.47 Å². The SMILES string of the molecule is COC(=O)C(C(=O)OC)[C@@H](N[P+]1([O-])N(Cc2cccc3ccccc23)[C@@H]2CCCC[C@H]2N1Cc1cccc2ccccc12)c1ccccc1. The number of hydrogen-bond acceptors (Lipinski definition) is 8. The molecule has 0 amide bonds. The third-order valence-corrected chi connectivity index (χ3v) is 13.2. The van der Waals surface area contributed by atoms with E-state index in [9.17, 15) is 9.59 Å². The van der Waals surface area contributed by atoms with E-state index in [1.165, 1.54) is 14.2 Å². The van der Waals surface area contributed by atoms with Gasteiger partial charge in [0, 0.05) is 0 Å². The topological polar surface area (TPSA) is 94.2 Å². The zero-order valence-electron chi connectivity index (χ0n) is 27.9. The smallest absolute Gasteiger partial charge is 0.322 e. The molecule has 1 aliphatic carbocycles. The monoisotopic (exact) mass is 675 g/mol. The summed E-state index contributed by atoms with van der Waals surface area (Å²) < 4.78 is 14.7. The summed E-state index contributed by atoms with van der Waals surface area (Å²) in [5.41, 5.74) is 2.79. The molecular formula is C40H42N3O5P. The molecule has 0 aromatic heterocycles. The average Bonchev–Trinajstić information content (AvgIpc) is 3.37. The minimum atomic E-state index is -3.76. The van der Waals surface area contributed by atoms with Crippen LogP contribution in [0.5, 0.6) is 0 Å². The minimum absolute atomic E-state index is 0.00726. The first-order chi connectivity index (χ1) is 23.9. The van der Waals surface area contributed by atoms with Gasteiger partial charge in [0.25, 0.3) is 0 Å². The third-order valence-electron chi connectivity index (χ3n) is 10.3. The van der Waals surface area contributed by atoms with Crippen LogP contribution in [0.4, 0.5) is 0 Å². The predicted molar refractivity (Wildman–Crippen MR) is 192 cm³/mol. The third kappa shape index (κ3) is 6.36. The molecule has 1 saturated heterocycles. The van der Waals surface area contributed by atoms with Gasteiger partial charge in [0.15, 0.2) is 13.9 Å². The molecule has 0 radical (unpaired) electrons. The summed E-state index contributed by atoms with van der Waals surface area (Å²) in [4.78, 5) is 43.3. The molecule has 1 N–H and O–H groups in total. The van der Waals surface area contributed by atoms with E-state index < -0.39 is 31.8 Å². The molecule has 2 aliphatic rings. The molecule has 0 bridgehead atoms. The van der Waals surface area contributed by atoms with Crippen LogP contribution in [0, 0.1) is 5.92 Å². The Morgan fingerprint density at radius 3 is 1.63 bits per heavy atom. The Labute approximate surface area is 288 Å². The number of rotatable bonds is 10. The summed E-state index contributed by atoms with van der Waals surface area (Å²) in [6, 6.07) is 37.3. The normalized spacial score (nSPS) is 19.9. The summed E-state index contributed by atoms with van der Waals surface area (Å²) in [6.45, 7) is 0.864. The molecule has 5 aromatic rings. The Kier molecular flexibility index (Phi) is 9.77. The molecule has 0 unspecified atom stereocenters. The second kappa shape index (κ2) is 14.4. The van der Waals surface area contributed by atoms with Gasteiger partial charge in [-0.2, -0.15) is 5.09 Å². The second-order valence-corrected chi connectivity index (χ2v) is 15.4. The molecule has 1 heterocycles. The molecule has 5 aromatic carbocycles. The number of benzene rings is 5. The number of carbonyl (C=O) groups is 2. The number of ether oxygens (including phenoxy) is 2. The summed E-state index contributed by atoms with van der Waals surface area (Å²) in [5.74, 6) is -2.89. The van der Waals surface area contributed by atoms with Crippen molar-refractivity contribution < 1.29 is 24.0 Å². The highest BCUT2D eigenvalue weighted by atomic mass is 31.2. The molecular weight excluding hydrogens is 633 g/mol. The van der Waals surface area contributed by atoms with Gasteiger partial charge in [-0.15, -0.1) is 9.34 Å². The maximum atomic E-state index is 16.5. The van der Waals surface area contributed by atoms with Gasteiger partial charge in [0.2, 0.25) is 0 Å². The molecule has 1 aliphatic heterocycles. The Balaban J connectivity index is 1.40. The molecule has 9 heteroatoms. The Hall–Kier alpha value is -4.17. The lowest BCUT2D eigenvalue weighted by Gasteiger charge is -2.43. The fourth-order valence-electron chi connectivity index (χ4n) is 7.93. The number of carbonyl (C=O) groups excluding carboxylic acids is 2. The van der Waals surface area contributed by atoms with E-state index in [2.05, 4.69) is 75.1 Å². The standard InChI is InChI=1S/C40H42N3O5P/c1-47-39(44)37(40(45)48-2)38(30-16-4-3-5-17-30)41-49(46)42(26-31-20-12-18-28-14-6-8-22-33(28)31)35-24-10-11-25-36(35)43(49)27-32-21-13-19-29-15-7-9-23-34(29)32/h3-9,12-23,35-38H,10-11,24-27H2,1-2H3,(H,41,46)/t35-,36-,38+/m1/s1. The van der Waals surface area contributed by atoms with Crippen LogP contribution < -0.4 is 9.98 Å². The number of nitrogens with one attached hydrogen (secondary N) is 1. The molecule has 3 atom stereocenters. The summed E-state index contributed by atoms with van der Waals surface area (Å²) >= 11 is 0. The highest BCUT2D eigenvalue weighted by Gasteiger charge is 2.61. The zero-order valence-corrected chi connectivity index (χ0v) is 28.8. The highest BCUT2D eigenvalue weighted by molar-refractivity contribution is 7.62. The van der Waals surface area contributed by atoms with Gasteiger partial charge in [-0.25, -0.2) is 0 Å². The fraction of sp³-hybridized carbons (Fsp3) is 0.300. The van der Waals surface area contributed by atoms with Gasteiger partial charge in [-0.3, -0.25) is 9.59 Å². The van der Waals surface area contributed by atoms with Crippen LogP contribution in [0.15, 0.2) is 115 Å². The van der Waals surface area contributed by atoms with Crippen molar-refractivity contribution in [3.8, 4) is 0 Å². The average molecular weight is 676 g/mol. The van der Waals surface area contributed by atoms with Gasteiger partial charge in [-0.05, 0) is 51.1 Å². The molecule has 252 valence electrons. The predicted octanol–water partition coefficient (Wildman–Crippen LogP) is 6.95. The molecule has 8 nitrogen and oxygen atoms in total. The van der Waals surface area contributed by atoms with Crippen LogP contribution in [0.25, 0.3) is 21.5 Å². The minimum Gasteiger partial charge on any atom is -0.636 e. The van der Waals surface area contributed by atoms with Crippen molar-refractivity contribution in [3.63, 3.8) is 0 Å². The van der Waals surface area contributed by atoms with Gasteiger partial charge in [0.05, 0.1) is 45.4 Å². The number of fused-ring (bicyclic) bond motifs is 3. The first-order valence-corrected chi connectivity index (χ1v) is 18.6.